The van der Waals surface area contributed by atoms with Crippen LogP contribution in [-0.2, 0) is 6.54 Å². The van der Waals surface area contributed by atoms with E-state index < -0.39 is 0 Å². The van der Waals surface area contributed by atoms with Crippen LogP contribution in [0.1, 0.15) is 36.9 Å². The number of likely N-dealkylation sites (tertiary alicyclic amines) is 1. The molecular formula is C22H30N2O2. The number of nitrogens with zero attached hydrogens (tertiary/aromatic N) is 1. The number of nitrogens with one attached hydrogen (secondary N) is 1. The molecule has 1 aliphatic rings. The second-order valence-electron chi connectivity index (χ2n) is 6.70. The Bertz CT molecular complexity index is 666. The molecule has 1 N–H and O–H groups in total. The zero-order valence-corrected chi connectivity index (χ0v) is 15.9. The van der Waals surface area contributed by atoms with Gasteiger partial charge in [-0.2, -0.15) is 0 Å². The van der Waals surface area contributed by atoms with Gasteiger partial charge < -0.3 is 14.8 Å². The second kappa shape index (κ2) is 9.60. The summed E-state index contributed by atoms with van der Waals surface area (Å²) in [7, 11) is 1.71. The average molecular weight is 354 g/mol. The molecule has 0 amide bonds. The highest BCUT2D eigenvalue weighted by Gasteiger charge is 2.23. The van der Waals surface area contributed by atoms with E-state index in [1.54, 1.807) is 7.11 Å². The van der Waals surface area contributed by atoms with Gasteiger partial charge in [0.1, 0.15) is 11.5 Å². The van der Waals surface area contributed by atoms with E-state index in [9.17, 15) is 0 Å². The van der Waals surface area contributed by atoms with Crippen LogP contribution in [0.5, 0.6) is 11.5 Å². The SMILES string of the molecule is CCOc1ccccc1CNCC(c1ccc(OC)cc1)N1CCCC1. The maximum atomic E-state index is 5.74. The van der Waals surface area contributed by atoms with Crippen molar-refractivity contribution in [1.29, 1.82) is 0 Å². The van der Waals surface area contributed by atoms with E-state index in [-0.39, 0.29) is 0 Å². The van der Waals surface area contributed by atoms with Gasteiger partial charge in [0, 0.05) is 24.7 Å². The van der Waals surface area contributed by atoms with Crippen molar-refractivity contribution >= 4 is 0 Å². The highest BCUT2D eigenvalue weighted by atomic mass is 16.5. The number of rotatable bonds is 9. The molecular weight excluding hydrogens is 324 g/mol. The molecule has 0 aliphatic carbocycles. The number of para-hydroxylation sites is 1. The molecule has 140 valence electrons. The maximum absolute atomic E-state index is 5.74. The molecule has 1 atom stereocenters. The maximum Gasteiger partial charge on any atom is 0.123 e. The Labute approximate surface area is 157 Å². The molecule has 0 saturated carbocycles. The van der Waals surface area contributed by atoms with Gasteiger partial charge in [0.25, 0.3) is 0 Å². The molecule has 2 aromatic rings. The third-order valence-corrected chi connectivity index (χ3v) is 5.01. The van der Waals surface area contributed by atoms with E-state index >= 15 is 0 Å². The van der Waals surface area contributed by atoms with Crippen LogP contribution in [-0.4, -0.2) is 38.3 Å². The lowest BCUT2D eigenvalue weighted by Crippen LogP contribution is -2.34. The molecule has 0 spiro atoms. The van der Waals surface area contributed by atoms with Crippen LogP contribution in [0.4, 0.5) is 0 Å². The Balaban J connectivity index is 1.66. The first-order valence-electron chi connectivity index (χ1n) is 9.61. The summed E-state index contributed by atoms with van der Waals surface area (Å²) in [5.41, 5.74) is 2.56. The number of ether oxygens (including phenoxy) is 2. The lowest BCUT2D eigenvalue weighted by atomic mass is 10.0. The van der Waals surface area contributed by atoms with Gasteiger partial charge in [-0.05, 0) is 56.6 Å². The van der Waals surface area contributed by atoms with Crippen molar-refractivity contribution in [1.82, 2.24) is 10.2 Å². The van der Waals surface area contributed by atoms with Crippen molar-refractivity contribution in [2.45, 2.75) is 32.4 Å². The summed E-state index contributed by atoms with van der Waals surface area (Å²) in [6.07, 6.45) is 2.58. The Morgan fingerprint density at radius 3 is 2.46 bits per heavy atom. The van der Waals surface area contributed by atoms with Gasteiger partial charge in [0.15, 0.2) is 0 Å². The highest BCUT2D eigenvalue weighted by Crippen LogP contribution is 2.26. The van der Waals surface area contributed by atoms with Crippen molar-refractivity contribution in [3.8, 4) is 11.5 Å². The number of methoxy groups -OCH3 is 1. The van der Waals surface area contributed by atoms with Crippen LogP contribution in [0.2, 0.25) is 0 Å². The third kappa shape index (κ3) is 4.77. The Hall–Kier alpha value is -2.04. The standard InChI is InChI=1S/C22H30N2O2/c1-3-26-22-9-5-4-8-19(22)16-23-17-21(24-14-6-7-15-24)18-10-12-20(25-2)13-11-18/h4-5,8-13,21,23H,3,6-7,14-17H2,1-2H3. The van der Waals surface area contributed by atoms with E-state index in [0.29, 0.717) is 12.6 Å². The molecule has 1 fully saturated rings. The topological polar surface area (TPSA) is 33.7 Å². The van der Waals surface area contributed by atoms with E-state index in [1.165, 1.54) is 37.1 Å². The monoisotopic (exact) mass is 354 g/mol. The lowest BCUT2D eigenvalue weighted by Gasteiger charge is -2.28. The summed E-state index contributed by atoms with van der Waals surface area (Å²) in [6.45, 7) is 6.81. The van der Waals surface area contributed by atoms with Crippen LogP contribution < -0.4 is 14.8 Å². The fourth-order valence-electron chi connectivity index (χ4n) is 3.63. The summed E-state index contributed by atoms with van der Waals surface area (Å²) in [5, 5.41) is 3.65. The number of hydrogen-bond acceptors (Lipinski definition) is 4. The molecule has 26 heavy (non-hydrogen) atoms. The normalized spacial score (nSPS) is 15.8. The van der Waals surface area contributed by atoms with E-state index in [2.05, 4.69) is 46.6 Å². The van der Waals surface area contributed by atoms with Gasteiger partial charge in [0.05, 0.1) is 13.7 Å². The zero-order valence-electron chi connectivity index (χ0n) is 15.9. The van der Waals surface area contributed by atoms with Gasteiger partial charge in [-0.25, -0.2) is 0 Å². The second-order valence-corrected chi connectivity index (χ2v) is 6.70. The van der Waals surface area contributed by atoms with Gasteiger partial charge in [-0.1, -0.05) is 30.3 Å². The molecule has 1 unspecified atom stereocenters. The molecule has 0 bridgehead atoms. The Morgan fingerprint density at radius 1 is 1.04 bits per heavy atom. The molecule has 3 rings (SSSR count). The molecule has 4 heteroatoms. The van der Waals surface area contributed by atoms with E-state index in [4.69, 9.17) is 9.47 Å². The zero-order chi connectivity index (χ0) is 18.2. The van der Waals surface area contributed by atoms with Crippen molar-refractivity contribution < 1.29 is 9.47 Å². The summed E-state index contributed by atoms with van der Waals surface area (Å²) in [4.78, 5) is 2.59. The summed E-state index contributed by atoms with van der Waals surface area (Å²) in [6, 6.07) is 17.2. The van der Waals surface area contributed by atoms with E-state index in [0.717, 1.165) is 24.6 Å². The first-order chi connectivity index (χ1) is 12.8. The fraction of sp³-hybridized carbons (Fsp3) is 0.455. The van der Waals surface area contributed by atoms with E-state index in [1.807, 2.05) is 19.1 Å². The number of benzene rings is 2. The fourth-order valence-corrected chi connectivity index (χ4v) is 3.63. The predicted octanol–water partition coefficient (Wildman–Crippen LogP) is 4.02. The largest absolute Gasteiger partial charge is 0.497 e. The molecule has 1 heterocycles. The van der Waals surface area contributed by atoms with Crippen molar-refractivity contribution in [2.75, 3.05) is 33.4 Å². The Kier molecular flexibility index (Phi) is 6.92. The molecule has 4 nitrogen and oxygen atoms in total. The highest BCUT2D eigenvalue weighted by molar-refractivity contribution is 5.33. The molecule has 2 aromatic carbocycles. The minimum atomic E-state index is 0.391. The van der Waals surface area contributed by atoms with Gasteiger partial charge >= 0.3 is 0 Å². The molecule has 1 aliphatic heterocycles. The first-order valence-corrected chi connectivity index (χ1v) is 9.61. The first kappa shape index (κ1) is 18.7. The van der Waals surface area contributed by atoms with Crippen LogP contribution in [0.25, 0.3) is 0 Å². The van der Waals surface area contributed by atoms with Crippen LogP contribution in [0, 0.1) is 0 Å². The minimum absolute atomic E-state index is 0.391. The molecule has 0 aromatic heterocycles. The van der Waals surface area contributed by atoms with Crippen LogP contribution in [0.15, 0.2) is 48.5 Å². The summed E-state index contributed by atoms with van der Waals surface area (Å²) in [5.74, 6) is 1.89. The van der Waals surface area contributed by atoms with Gasteiger partial charge in [-0.15, -0.1) is 0 Å². The third-order valence-electron chi connectivity index (χ3n) is 5.01. The van der Waals surface area contributed by atoms with Crippen LogP contribution >= 0.6 is 0 Å². The quantitative estimate of drug-likeness (QED) is 0.737. The van der Waals surface area contributed by atoms with Crippen molar-refractivity contribution in [3.05, 3.63) is 59.7 Å². The summed E-state index contributed by atoms with van der Waals surface area (Å²) < 4.78 is 11.0. The van der Waals surface area contributed by atoms with Crippen molar-refractivity contribution in [3.63, 3.8) is 0 Å². The summed E-state index contributed by atoms with van der Waals surface area (Å²) >= 11 is 0. The Morgan fingerprint density at radius 2 is 1.77 bits per heavy atom. The predicted molar refractivity (Wildman–Crippen MR) is 106 cm³/mol. The smallest absolute Gasteiger partial charge is 0.123 e. The molecule has 0 radical (unpaired) electrons. The number of hydrogen-bond donors (Lipinski definition) is 1. The van der Waals surface area contributed by atoms with Crippen molar-refractivity contribution in [2.24, 2.45) is 0 Å². The molecule has 1 saturated heterocycles. The minimum Gasteiger partial charge on any atom is -0.497 e. The van der Waals surface area contributed by atoms with Gasteiger partial charge in [0.2, 0.25) is 0 Å². The van der Waals surface area contributed by atoms with Gasteiger partial charge in [-0.3, -0.25) is 4.90 Å². The lowest BCUT2D eigenvalue weighted by molar-refractivity contribution is 0.238. The van der Waals surface area contributed by atoms with Crippen LogP contribution in [0.3, 0.4) is 0 Å². The average Bonchev–Trinajstić information content (AvgIpc) is 3.21.